The molecule has 1 rings (SSSR count). The molecule has 0 radical (unpaired) electrons. The maximum atomic E-state index is 11.3. The van der Waals surface area contributed by atoms with Gasteiger partial charge in [0.1, 0.15) is 6.07 Å². The summed E-state index contributed by atoms with van der Waals surface area (Å²) in [5.74, 6) is -0.0890. The minimum absolute atomic E-state index is 0.0735. The summed E-state index contributed by atoms with van der Waals surface area (Å²) in [7, 11) is -3.64. The molecule has 0 atom stereocenters. The van der Waals surface area contributed by atoms with E-state index in [0.717, 1.165) is 31.3 Å². The predicted molar refractivity (Wildman–Crippen MR) is 64.8 cm³/mol. The summed E-state index contributed by atoms with van der Waals surface area (Å²) < 4.78 is 27.0. The first-order valence-corrected chi connectivity index (χ1v) is 7.25. The lowest BCUT2D eigenvalue weighted by Gasteiger charge is -2.09. The highest BCUT2D eigenvalue weighted by Gasteiger charge is 2.14. The zero-order valence-corrected chi connectivity index (χ0v) is 10.7. The number of rotatable bonds is 5. The van der Waals surface area contributed by atoms with Crippen molar-refractivity contribution >= 4 is 15.8 Å². The Morgan fingerprint density at radius 1 is 1.59 bits per heavy atom. The molecule has 94 valence electrons. The lowest BCUT2D eigenvalue weighted by atomic mass is 9.97. The molecular weight excluding hydrogens is 240 g/mol. The van der Waals surface area contributed by atoms with Crippen molar-refractivity contribution in [3.8, 4) is 6.07 Å². The Morgan fingerprint density at radius 3 is 2.88 bits per heavy atom. The van der Waals surface area contributed by atoms with E-state index >= 15 is 0 Å². The Labute approximate surface area is 102 Å². The first-order valence-electron chi connectivity index (χ1n) is 5.68. The second-order valence-electron chi connectivity index (χ2n) is 3.86. The predicted octanol–water partition coefficient (Wildman–Crippen LogP) is 2.12. The molecule has 0 bridgehead atoms. The molecule has 0 heterocycles. The van der Waals surface area contributed by atoms with Crippen LogP contribution in [-0.2, 0) is 14.4 Å². The lowest BCUT2D eigenvalue weighted by molar-refractivity contribution is 0.339. The average Bonchev–Trinajstić information content (AvgIpc) is 2.31. The number of hydrogen-bond acceptors (Lipinski definition) is 5. The highest BCUT2D eigenvalue weighted by Crippen LogP contribution is 2.18. The molecule has 0 unspecified atom stereocenters. The van der Waals surface area contributed by atoms with Gasteiger partial charge in [0.15, 0.2) is 5.71 Å². The van der Waals surface area contributed by atoms with Crippen LogP contribution in [0.1, 0.15) is 39.0 Å². The molecule has 0 aromatic carbocycles. The first kappa shape index (κ1) is 13.7. The number of nitrogens with zero attached hydrogens (tertiary/aromatic N) is 2. The monoisotopic (exact) mass is 256 g/mol. The van der Waals surface area contributed by atoms with Crippen LogP contribution in [0.5, 0.6) is 0 Å². The lowest BCUT2D eigenvalue weighted by Crippen LogP contribution is -2.10. The quantitative estimate of drug-likeness (QED) is 0.557. The van der Waals surface area contributed by atoms with Crippen LogP contribution in [0.15, 0.2) is 16.8 Å². The standard InChI is InChI=1S/C11H16N2O3S/c1-2-8-17(14,15)16-13-11(9-12)10-6-4-3-5-7-10/h6H,2-5,7-8H2,1H3/b13-11+. The molecule has 5 nitrogen and oxygen atoms in total. The Morgan fingerprint density at radius 2 is 2.35 bits per heavy atom. The van der Waals surface area contributed by atoms with Gasteiger partial charge in [0.25, 0.3) is 0 Å². The summed E-state index contributed by atoms with van der Waals surface area (Å²) in [6.45, 7) is 1.74. The average molecular weight is 256 g/mol. The summed E-state index contributed by atoms with van der Waals surface area (Å²) in [6.07, 6.45) is 6.12. The SMILES string of the molecule is CCCS(=O)(=O)O/N=C(\C#N)C1=CCCCC1. The van der Waals surface area contributed by atoms with Gasteiger partial charge < -0.3 is 0 Å². The van der Waals surface area contributed by atoms with Gasteiger partial charge in [-0.15, -0.1) is 0 Å². The van der Waals surface area contributed by atoms with Gasteiger partial charge in [-0.25, -0.2) is 0 Å². The van der Waals surface area contributed by atoms with Crippen LogP contribution >= 0.6 is 0 Å². The highest BCUT2D eigenvalue weighted by atomic mass is 32.2. The van der Waals surface area contributed by atoms with Crippen molar-refractivity contribution in [2.24, 2.45) is 5.16 Å². The number of nitriles is 1. The second kappa shape index (κ2) is 6.40. The van der Waals surface area contributed by atoms with Crippen molar-refractivity contribution in [2.45, 2.75) is 39.0 Å². The first-order chi connectivity index (χ1) is 8.09. The van der Waals surface area contributed by atoms with Crippen molar-refractivity contribution in [3.63, 3.8) is 0 Å². The van der Waals surface area contributed by atoms with Crippen molar-refractivity contribution in [2.75, 3.05) is 5.75 Å². The molecule has 0 fully saturated rings. The van der Waals surface area contributed by atoms with E-state index in [9.17, 15) is 8.42 Å². The molecule has 0 amide bonds. The normalized spacial score (nSPS) is 17.2. The zero-order chi connectivity index (χ0) is 12.7. The molecule has 0 aromatic heterocycles. The number of oxime groups is 1. The third-order valence-electron chi connectivity index (χ3n) is 2.40. The van der Waals surface area contributed by atoms with Gasteiger partial charge in [0.2, 0.25) is 0 Å². The summed E-state index contributed by atoms with van der Waals surface area (Å²) in [6, 6.07) is 1.88. The molecule has 0 saturated carbocycles. The Hall–Kier alpha value is -1.35. The Bertz CT molecular complexity index is 458. The molecule has 0 aromatic rings. The van der Waals surface area contributed by atoms with Crippen LogP contribution in [0.2, 0.25) is 0 Å². The van der Waals surface area contributed by atoms with Gasteiger partial charge in [-0.2, -0.15) is 13.7 Å². The van der Waals surface area contributed by atoms with Crippen molar-refractivity contribution in [1.82, 2.24) is 0 Å². The van der Waals surface area contributed by atoms with E-state index in [1.54, 1.807) is 6.92 Å². The second-order valence-corrected chi connectivity index (χ2v) is 5.54. The van der Waals surface area contributed by atoms with Gasteiger partial charge >= 0.3 is 10.1 Å². The summed E-state index contributed by atoms with van der Waals surface area (Å²) >= 11 is 0. The molecule has 0 N–H and O–H groups in total. The molecule has 1 aliphatic rings. The fourth-order valence-corrected chi connectivity index (χ4v) is 2.35. The van der Waals surface area contributed by atoms with E-state index < -0.39 is 10.1 Å². The van der Waals surface area contributed by atoms with Crippen LogP contribution < -0.4 is 0 Å². The molecule has 0 aliphatic heterocycles. The van der Waals surface area contributed by atoms with Gasteiger partial charge in [-0.3, -0.25) is 4.28 Å². The third kappa shape index (κ3) is 4.57. The summed E-state index contributed by atoms with van der Waals surface area (Å²) in [4.78, 5) is 0. The number of allylic oxidation sites excluding steroid dienone is 2. The maximum absolute atomic E-state index is 11.3. The van der Waals surface area contributed by atoms with Gasteiger partial charge in [0, 0.05) is 0 Å². The van der Waals surface area contributed by atoms with Crippen LogP contribution in [0, 0.1) is 11.3 Å². The van der Waals surface area contributed by atoms with Gasteiger partial charge in [0.05, 0.1) is 5.75 Å². The molecular formula is C11H16N2O3S. The third-order valence-corrected chi connectivity index (χ3v) is 3.61. The van der Waals surface area contributed by atoms with E-state index in [0.29, 0.717) is 6.42 Å². The molecule has 0 spiro atoms. The molecule has 17 heavy (non-hydrogen) atoms. The minimum Gasteiger partial charge on any atom is -0.267 e. The van der Waals surface area contributed by atoms with Gasteiger partial charge in [-0.05, 0) is 37.7 Å². The minimum atomic E-state index is -3.64. The van der Waals surface area contributed by atoms with E-state index in [1.807, 2.05) is 12.1 Å². The smallest absolute Gasteiger partial charge is 0.267 e. The Kier molecular flexibility index (Phi) is 5.16. The van der Waals surface area contributed by atoms with E-state index in [4.69, 9.17) is 5.26 Å². The van der Waals surface area contributed by atoms with E-state index in [2.05, 4.69) is 9.44 Å². The van der Waals surface area contributed by atoms with Crippen LogP contribution in [0.25, 0.3) is 0 Å². The van der Waals surface area contributed by atoms with E-state index in [-0.39, 0.29) is 11.5 Å². The van der Waals surface area contributed by atoms with Crippen LogP contribution in [0.4, 0.5) is 0 Å². The zero-order valence-electron chi connectivity index (χ0n) is 9.85. The molecule has 6 heteroatoms. The van der Waals surface area contributed by atoms with Crippen molar-refractivity contribution in [1.29, 1.82) is 5.26 Å². The largest absolute Gasteiger partial charge is 0.328 e. The topological polar surface area (TPSA) is 79.5 Å². The highest BCUT2D eigenvalue weighted by molar-refractivity contribution is 7.86. The van der Waals surface area contributed by atoms with Crippen LogP contribution in [0.3, 0.4) is 0 Å². The molecule has 0 saturated heterocycles. The van der Waals surface area contributed by atoms with Gasteiger partial charge in [-0.1, -0.05) is 18.2 Å². The Balaban J connectivity index is 2.75. The molecule has 1 aliphatic carbocycles. The summed E-state index contributed by atoms with van der Waals surface area (Å²) in [5.41, 5.74) is 0.856. The van der Waals surface area contributed by atoms with Crippen molar-refractivity contribution < 1.29 is 12.7 Å². The summed E-state index contributed by atoms with van der Waals surface area (Å²) in [5, 5.41) is 12.4. The van der Waals surface area contributed by atoms with Crippen molar-refractivity contribution in [3.05, 3.63) is 11.6 Å². The fourth-order valence-electron chi connectivity index (χ4n) is 1.59. The number of hydrogen-bond donors (Lipinski definition) is 0. The fraction of sp³-hybridized carbons (Fsp3) is 0.636. The van der Waals surface area contributed by atoms with Crippen LogP contribution in [-0.4, -0.2) is 19.9 Å². The van der Waals surface area contributed by atoms with E-state index in [1.165, 1.54) is 0 Å². The maximum Gasteiger partial charge on any atom is 0.328 e.